The minimum absolute atomic E-state index is 0.604. The van der Waals surface area contributed by atoms with Crippen molar-refractivity contribution in [3.8, 4) is 0 Å². The highest BCUT2D eigenvalue weighted by Crippen LogP contribution is 2.47. The molecular weight excluding hydrogens is 143 g/mol. The van der Waals surface area contributed by atoms with Crippen LogP contribution in [-0.2, 0) is 0 Å². The second-order valence-corrected chi connectivity index (χ2v) is 4.43. The van der Waals surface area contributed by atoms with E-state index in [4.69, 9.17) is 7.85 Å². The van der Waals surface area contributed by atoms with Crippen LogP contribution in [0.1, 0.15) is 44.9 Å². The normalized spacial score (nSPS) is 27.5. The summed E-state index contributed by atoms with van der Waals surface area (Å²) in [5.41, 5.74) is 2.12. The van der Waals surface area contributed by atoms with Gasteiger partial charge in [-0.15, -0.1) is 0 Å². The van der Waals surface area contributed by atoms with Crippen molar-refractivity contribution in [1.29, 1.82) is 0 Å². The van der Waals surface area contributed by atoms with Crippen molar-refractivity contribution in [1.82, 2.24) is 0 Å². The molecule has 2 rings (SSSR count). The van der Waals surface area contributed by atoms with Crippen LogP contribution in [0.25, 0.3) is 0 Å². The van der Waals surface area contributed by atoms with Crippen molar-refractivity contribution in [3.05, 3.63) is 11.6 Å². The molecule has 1 spiro atoms. The fraction of sp³-hybridized carbons (Fsp3) is 0.818. The molecule has 2 aliphatic carbocycles. The number of rotatable bonds is 1. The van der Waals surface area contributed by atoms with Crippen LogP contribution in [0.4, 0.5) is 0 Å². The molecule has 0 heterocycles. The molecule has 2 radical (unpaired) electrons. The number of hydrogen-bond acceptors (Lipinski definition) is 0. The maximum Gasteiger partial charge on any atom is 0.0712 e. The van der Waals surface area contributed by atoms with Gasteiger partial charge in [0.1, 0.15) is 0 Å². The van der Waals surface area contributed by atoms with Crippen LogP contribution in [0.15, 0.2) is 11.6 Å². The Morgan fingerprint density at radius 3 is 2.50 bits per heavy atom. The van der Waals surface area contributed by atoms with E-state index in [0.717, 1.165) is 6.32 Å². The summed E-state index contributed by atoms with van der Waals surface area (Å²) < 4.78 is 0. The summed E-state index contributed by atoms with van der Waals surface area (Å²) in [7, 11) is 5.69. The summed E-state index contributed by atoms with van der Waals surface area (Å²) in [5.74, 6) is 0. The van der Waals surface area contributed by atoms with E-state index in [1.807, 2.05) is 0 Å². The van der Waals surface area contributed by atoms with Gasteiger partial charge in [0.25, 0.3) is 0 Å². The Bertz CT molecular complexity index is 187. The second kappa shape index (κ2) is 3.28. The summed E-state index contributed by atoms with van der Waals surface area (Å²) in [5, 5.41) is 0. The minimum atomic E-state index is 0.604. The molecule has 0 bridgehead atoms. The van der Waals surface area contributed by atoms with Crippen LogP contribution in [-0.4, -0.2) is 7.85 Å². The van der Waals surface area contributed by atoms with Gasteiger partial charge in [-0.25, -0.2) is 0 Å². The van der Waals surface area contributed by atoms with Crippen molar-refractivity contribution in [2.75, 3.05) is 0 Å². The molecule has 0 saturated heterocycles. The molecule has 1 saturated carbocycles. The van der Waals surface area contributed by atoms with Gasteiger partial charge in [-0.05, 0) is 37.5 Å². The van der Waals surface area contributed by atoms with Gasteiger partial charge in [0.15, 0.2) is 0 Å². The molecule has 0 amide bonds. The van der Waals surface area contributed by atoms with Crippen LogP contribution in [0.5, 0.6) is 0 Å². The summed E-state index contributed by atoms with van der Waals surface area (Å²) in [4.78, 5) is 0. The predicted octanol–water partition coefficient (Wildman–Crippen LogP) is 3.24. The molecule has 0 aromatic carbocycles. The SMILES string of the molecule is [B]CC1=CC2(CCCC2)CCC1. The van der Waals surface area contributed by atoms with Gasteiger partial charge in [-0.2, -0.15) is 0 Å². The van der Waals surface area contributed by atoms with Crippen LogP contribution in [0, 0.1) is 5.41 Å². The molecule has 2 aliphatic rings. The van der Waals surface area contributed by atoms with E-state index in [-0.39, 0.29) is 0 Å². The van der Waals surface area contributed by atoms with Crippen LogP contribution >= 0.6 is 0 Å². The third-order valence-corrected chi connectivity index (χ3v) is 3.54. The van der Waals surface area contributed by atoms with Gasteiger partial charge in [0.05, 0.1) is 7.85 Å². The van der Waals surface area contributed by atoms with Gasteiger partial charge in [0.2, 0.25) is 0 Å². The quantitative estimate of drug-likeness (QED) is 0.408. The molecule has 0 unspecified atom stereocenters. The second-order valence-electron chi connectivity index (χ2n) is 4.43. The molecule has 64 valence electrons. The van der Waals surface area contributed by atoms with E-state index in [1.54, 1.807) is 0 Å². The lowest BCUT2D eigenvalue weighted by Gasteiger charge is -2.31. The molecule has 0 N–H and O–H groups in total. The van der Waals surface area contributed by atoms with E-state index in [9.17, 15) is 0 Å². The maximum absolute atomic E-state index is 5.69. The molecule has 0 nitrogen and oxygen atoms in total. The molecule has 0 aliphatic heterocycles. The summed E-state index contributed by atoms with van der Waals surface area (Å²) in [6.07, 6.45) is 13.1. The lowest BCUT2D eigenvalue weighted by atomic mass is 9.73. The smallest absolute Gasteiger partial charge is 0.0712 e. The highest BCUT2D eigenvalue weighted by atomic mass is 14.4. The van der Waals surface area contributed by atoms with Crippen molar-refractivity contribution in [2.45, 2.75) is 51.3 Å². The lowest BCUT2D eigenvalue weighted by Crippen LogP contribution is -2.17. The molecule has 0 atom stereocenters. The summed E-state index contributed by atoms with van der Waals surface area (Å²) >= 11 is 0. The standard InChI is InChI=1S/C11H17B/c12-9-10-4-3-7-11(8-10)5-1-2-6-11/h8H,1-7,9H2. The maximum atomic E-state index is 5.69. The molecule has 0 aromatic heterocycles. The zero-order chi connectivity index (χ0) is 8.44. The Morgan fingerprint density at radius 1 is 1.17 bits per heavy atom. The van der Waals surface area contributed by atoms with Gasteiger partial charge >= 0.3 is 0 Å². The minimum Gasteiger partial charge on any atom is -0.0822 e. The number of allylic oxidation sites excluding steroid dienone is 2. The van der Waals surface area contributed by atoms with Crippen LogP contribution in [0.2, 0.25) is 6.32 Å². The lowest BCUT2D eigenvalue weighted by molar-refractivity contribution is 0.333. The van der Waals surface area contributed by atoms with Crippen molar-refractivity contribution < 1.29 is 0 Å². The molecule has 1 fully saturated rings. The van der Waals surface area contributed by atoms with Crippen LogP contribution in [0.3, 0.4) is 0 Å². The Labute approximate surface area is 76.8 Å². The topological polar surface area (TPSA) is 0 Å². The highest BCUT2D eigenvalue weighted by molar-refractivity contribution is 6.10. The Balaban J connectivity index is 2.14. The van der Waals surface area contributed by atoms with Gasteiger partial charge in [0, 0.05) is 0 Å². The summed E-state index contributed by atoms with van der Waals surface area (Å²) in [6.45, 7) is 0. The predicted molar refractivity (Wildman–Crippen MR) is 53.4 cm³/mol. The monoisotopic (exact) mass is 160 g/mol. The first kappa shape index (κ1) is 8.41. The zero-order valence-corrected chi connectivity index (χ0v) is 7.81. The molecule has 1 heteroatoms. The fourth-order valence-corrected chi connectivity index (χ4v) is 2.88. The van der Waals surface area contributed by atoms with Gasteiger partial charge in [-0.3, -0.25) is 0 Å². The van der Waals surface area contributed by atoms with E-state index in [1.165, 1.54) is 50.5 Å². The first-order valence-electron chi connectivity index (χ1n) is 5.25. The summed E-state index contributed by atoms with van der Waals surface area (Å²) in [6, 6.07) is 0. The van der Waals surface area contributed by atoms with E-state index < -0.39 is 0 Å². The number of hydrogen-bond donors (Lipinski definition) is 0. The van der Waals surface area contributed by atoms with E-state index >= 15 is 0 Å². The Hall–Kier alpha value is -0.195. The third kappa shape index (κ3) is 1.46. The van der Waals surface area contributed by atoms with Crippen LogP contribution < -0.4 is 0 Å². The third-order valence-electron chi connectivity index (χ3n) is 3.54. The highest BCUT2D eigenvalue weighted by Gasteiger charge is 2.33. The van der Waals surface area contributed by atoms with E-state index in [2.05, 4.69) is 6.08 Å². The van der Waals surface area contributed by atoms with Crippen molar-refractivity contribution in [2.24, 2.45) is 5.41 Å². The zero-order valence-electron chi connectivity index (χ0n) is 7.81. The first-order valence-corrected chi connectivity index (χ1v) is 5.25. The molecule has 12 heavy (non-hydrogen) atoms. The first-order chi connectivity index (χ1) is 5.85. The van der Waals surface area contributed by atoms with Crippen molar-refractivity contribution >= 4 is 7.85 Å². The Kier molecular flexibility index (Phi) is 2.30. The fourth-order valence-electron chi connectivity index (χ4n) is 2.88. The van der Waals surface area contributed by atoms with E-state index in [0.29, 0.717) is 5.41 Å². The average molecular weight is 160 g/mol. The largest absolute Gasteiger partial charge is 0.0822 e. The van der Waals surface area contributed by atoms with Crippen molar-refractivity contribution in [3.63, 3.8) is 0 Å². The molecular formula is C11H17B. The Morgan fingerprint density at radius 2 is 1.83 bits per heavy atom. The molecule has 0 aromatic rings. The average Bonchev–Trinajstić information content (AvgIpc) is 2.53. The van der Waals surface area contributed by atoms with Gasteiger partial charge in [-0.1, -0.05) is 30.8 Å². The van der Waals surface area contributed by atoms with Gasteiger partial charge < -0.3 is 0 Å².